The van der Waals surface area contributed by atoms with Crippen molar-refractivity contribution in [3.8, 4) is 5.75 Å². The Morgan fingerprint density at radius 2 is 1.55 bits per heavy atom. The number of phenols is 1. The maximum absolute atomic E-state index is 14.5. The normalized spacial score (nSPS) is 16.0. The Balaban J connectivity index is 1.34. The fourth-order valence-corrected chi connectivity index (χ4v) is 9.15. The molecule has 0 aromatic heterocycles. The predicted molar refractivity (Wildman–Crippen MR) is 215 cm³/mol. The first-order valence-electron chi connectivity index (χ1n) is 17.6. The number of nitrogens with zero attached hydrogens (tertiary/aromatic N) is 3. The summed E-state index contributed by atoms with van der Waals surface area (Å²) in [7, 11) is -7.87. The van der Waals surface area contributed by atoms with Gasteiger partial charge < -0.3 is 10.2 Å². The molecule has 0 fully saturated rings. The molecule has 0 amide bonds. The first kappa shape index (κ1) is 40.0. The monoisotopic (exact) mass is 805 g/mol. The van der Waals surface area contributed by atoms with Crippen LogP contribution in [0, 0.1) is 5.92 Å². The number of phenolic OH excluding ortho intramolecular Hbond substituents is 1. The average Bonchev–Trinajstić information content (AvgIpc) is 3.12. The number of aryl methyl sites for hydroxylation is 1. The lowest BCUT2D eigenvalue weighted by molar-refractivity contribution is -0.116. The molecule has 0 bridgehead atoms. The lowest BCUT2D eigenvalue weighted by atomic mass is 9.82. The zero-order chi connectivity index (χ0) is 39.5. The molecule has 290 valence electrons. The van der Waals surface area contributed by atoms with Crippen LogP contribution in [0.25, 0.3) is 5.76 Å². The number of aromatic hydroxyl groups is 1. The molecule has 13 nitrogen and oxygen atoms in total. The first-order valence-corrected chi connectivity index (χ1v) is 21.9. The molecular formula is C39H43N5O8S3. The average molecular weight is 806 g/mol. The summed E-state index contributed by atoms with van der Waals surface area (Å²) >= 11 is 0.729. The van der Waals surface area contributed by atoms with Crippen LogP contribution in [0.4, 0.5) is 11.4 Å². The second kappa shape index (κ2) is 16.6. The molecule has 1 aliphatic carbocycles. The highest BCUT2D eigenvalue weighted by Gasteiger charge is 2.43. The number of hydroxylamine groups is 1. The molecule has 6 rings (SSSR count). The molecule has 4 aromatic rings. The number of anilines is 2. The van der Waals surface area contributed by atoms with E-state index < -0.39 is 54.8 Å². The van der Waals surface area contributed by atoms with Gasteiger partial charge in [-0.05, 0) is 47.1 Å². The van der Waals surface area contributed by atoms with Gasteiger partial charge in [0.25, 0.3) is 0 Å². The number of hydrogen-bond acceptors (Lipinski definition) is 12. The largest absolute Gasteiger partial charge is 0.506 e. The van der Waals surface area contributed by atoms with Crippen LogP contribution in [-0.2, 0) is 44.4 Å². The number of aliphatic hydroxyl groups excluding tert-OH is 1. The zero-order valence-electron chi connectivity index (χ0n) is 30.5. The number of carbonyl (C=O) groups is 1. The molecule has 1 atom stereocenters. The predicted octanol–water partition coefficient (Wildman–Crippen LogP) is 6.18. The van der Waals surface area contributed by atoms with Crippen LogP contribution >= 0.6 is 11.9 Å². The summed E-state index contributed by atoms with van der Waals surface area (Å²) in [6.07, 6.45) is 2.18. The fraction of sp³-hybridized carbons (Fsp3) is 0.282. The summed E-state index contributed by atoms with van der Waals surface area (Å²) in [5.41, 5.74) is 2.55. The molecule has 2 aliphatic rings. The van der Waals surface area contributed by atoms with Crippen LogP contribution in [0.1, 0.15) is 54.1 Å². The summed E-state index contributed by atoms with van der Waals surface area (Å²) < 4.78 is 60.8. The Morgan fingerprint density at radius 1 is 0.909 bits per heavy atom. The van der Waals surface area contributed by atoms with E-state index in [2.05, 4.69) is 13.8 Å². The van der Waals surface area contributed by atoms with E-state index in [1.807, 2.05) is 79.4 Å². The smallest absolute Gasteiger partial charge is 0.229 e. The van der Waals surface area contributed by atoms with Gasteiger partial charge in [0.1, 0.15) is 28.8 Å². The molecule has 55 heavy (non-hydrogen) atoms. The molecule has 0 radical (unpaired) electrons. The van der Waals surface area contributed by atoms with Gasteiger partial charge in [0, 0.05) is 43.2 Å². The van der Waals surface area contributed by atoms with E-state index in [1.165, 1.54) is 6.07 Å². The lowest BCUT2D eigenvalue weighted by Crippen LogP contribution is -2.44. The van der Waals surface area contributed by atoms with Gasteiger partial charge in [-0.25, -0.2) is 16.8 Å². The molecular weight excluding hydrogens is 763 g/mol. The molecule has 0 saturated heterocycles. The zero-order valence-corrected chi connectivity index (χ0v) is 33.0. The molecule has 0 saturated carbocycles. The minimum atomic E-state index is -4.17. The Bertz CT molecular complexity index is 2310. The van der Waals surface area contributed by atoms with Crippen molar-refractivity contribution >= 4 is 60.7 Å². The van der Waals surface area contributed by atoms with Crippen LogP contribution in [-0.4, -0.2) is 67.3 Å². The van der Waals surface area contributed by atoms with Crippen LogP contribution in [0.15, 0.2) is 106 Å². The lowest BCUT2D eigenvalue weighted by Gasteiger charge is -2.32. The number of hydrogen-bond donors (Lipinski definition) is 5. The van der Waals surface area contributed by atoms with Gasteiger partial charge in [-0.1, -0.05) is 92.7 Å². The van der Waals surface area contributed by atoms with E-state index in [0.29, 0.717) is 36.1 Å². The number of ketones is 1. The number of amidine groups is 1. The Hall–Kier alpha value is -4.71. The number of nitrogens with one attached hydrogen (secondary N) is 2. The van der Waals surface area contributed by atoms with Crippen molar-refractivity contribution in [3.63, 3.8) is 0 Å². The van der Waals surface area contributed by atoms with Crippen molar-refractivity contribution in [2.24, 2.45) is 10.3 Å². The highest BCUT2D eigenvalue weighted by atomic mass is 32.2. The van der Waals surface area contributed by atoms with E-state index in [1.54, 1.807) is 18.2 Å². The van der Waals surface area contributed by atoms with Gasteiger partial charge in [0.15, 0.2) is 11.6 Å². The molecule has 16 heteroatoms. The summed E-state index contributed by atoms with van der Waals surface area (Å²) in [6.45, 7) is 5.21. The van der Waals surface area contributed by atoms with Gasteiger partial charge in [-0.2, -0.15) is 14.2 Å². The van der Waals surface area contributed by atoms with Crippen LogP contribution in [0.5, 0.6) is 5.75 Å². The third kappa shape index (κ3) is 9.58. The Kier molecular flexibility index (Phi) is 12.0. The summed E-state index contributed by atoms with van der Waals surface area (Å²) in [6, 6.07) is 25.5. The molecule has 5 N–H and O–H groups in total. The number of aliphatic hydroxyl groups is 1. The van der Waals surface area contributed by atoms with Gasteiger partial charge in [0.2, 0.25) is 20.0 Å². The molecule has 4 aromatic carbocycles. The topological polar surface area (TPSA) is 189 Å². The summed E-state index contributed by atoms with van der Waals surface area (Å²) in [5.74, 6) is -2.40. The number of Topliss-reactive ketones (excluding diaryl/α,β-unsaturated/α-hetero) is 1. The second-order valence-electron chi connectivity index (χ2n) is 14.0. The van der Waals surface area contributed by atoms with Gasteiger partial charge in [0.05, 0.1) is 22.6 Å². The minimum Gasteiger partial charge on any atom is -0.506 e. The van der Waals surface area contributed by atoms with Crippen molar-refractivity contribution in [1.82, 2.24) is 9.62 Å². The van der Waals surface area contributed by atoms with E-state index in [-0.39, 0.29) is 39.7 Å². The first-order chi connectivity index (χ1) is 26.1. The third-order valence-electron chi connectivity index (χ3n) is 9.16. The van der Waals surface area contributed by atoms with Crippen LogP contribution in [0.3, 0.4) is 0 Å². The van der Waals surface area contributed by atoms with Crippen molar-refractivity contribution in [3.05, 3.63) is 124 Å². The number of sulfonamides is 2. The van der Waals surface area contributed by atoms with Crippen molar-refractivity contribution in [2.45, 2.75) is 50.7 Å². The SMILES string of the molecule is CC(C)CCc1cccc2c1C(O)=C(C1=NSc3cc(NS(C)(=O)=O)cc(O)c3N1O)C(=O)C2NS(=O)(=O)CCN(Cc1ccccc1)Cc1ccccc1. The summed E-state index contributed by atoms with van der Waals surface area (Å²) in [5, 5.41) is 34.7. The van der Waals surface area contributed by atoms with Gasteiger partial charge in [-0.15, -0.1) is 0 Å². The van der Waals surface area contributed by atoms with Crippen LogP contribution < -0.4 is 14.5 Å². The number of rotatable bonds is 15. The molecule has 1 unspecified atom stereocenters. The maximum Gasteiger partial charge on any atom is 0.229 e. The van der Waals surface area contributed by atoms with Gasteiger partial charge in [-0.3, -0.25) is 19.6 Å². The van der Waals surface area contributed by atoms with E-state index >= 15 is 0 Å². The van der Waals surface area contributed by atoms with E-state index in [9.17, 15) is 37.1 Å². The Labute approximate surface area is 325 Å². The highest BCUT2D eigenvalue weighted by molar-refractivity contribution is 7.98. The Morgan fingerprint density at radius 3 is 2.15 bits per heavy atom. The molecule has 0 spiro atoms. The second-order valence-corrected chi connectivity index (χ2v) is 18.4. The van der Waals surface area contributed by atoms with E-state index in [4.69, 9.17) is 0 Å². The number of fused-ring (bicyclic) bond motifs is 2. The third-order valence-corrected chi connectivity index (χ3v) is 11.9. The fourth-order valence-electron chi connectivity index (χ4n) is 6.58. The van der Waals surface area contributed by atoms with Crippen LogP contribution in [0.2, 0.25) is 0 Å². The van der Waals surface area contributed by atoms with Crippen molar-refractivity contribution in [1.29, 1.82) is 0 Å². The minimum absolute atomic E-state index is 0.0124. The quantitative estimate of drug-likeness (QED) is 0.0863. The maximum atomic E-state index is 14.5. The van der Waals surface area contributed by atoms with Crippen molar-refractivity contribution < 1.29 is 37.1 Å². The number of benzene rings is 4. The highest BCUT2D eigenvalue weighted by Crippen LogP contribution is 2.46. The van der Waals surface area contributed by atoms with Crippen molar-refractivity contribution in [2.75, 3.05) is 28.3 Å². The standard InChI is InChI=1S/C39H43N5O8S3/c1-25(2)17-18-28-15-10-16-30-33(28)37(46)34(39-40-53-32-22-29(41-54(3,49)50)21-31(45)36(32)44(39)48)38(47)35(30)42-55(51,52)20-19-43(23-26-11-6-4-7-12-26)24-27-13-8-5-9-14-27/h4-16,21-22,25,35,41-42,45-46,48H,17-20,23-24H2,1-3H3. The van der Waals surface area contributed by atoms with E-state index in [0.717, 1.165) is 41.8 Å². The molecule has 1 heterocycles. The summed E-state index contributed by atoms with van der Waals surface area (Å²) in [4.78, 5) is 16.7. The molecule has 1 aliphatic heterocycles. The number of carbonyl (C=O) groups excluding carboxylic acids is 1. The van der Waals surface area contributed by atoms with Gasteiger partial charge >= 0.3 is 0 Å².